The van der Waals surface area contributed by atoms with E-state index in [4.69, 9.17) is 16.7 Å². The average Bonchev–Trinajstić information content (AvgIpc) is 2.38. The number of aliphatic hydroxyl groups excluding tert-OH is 1. The number of carbonyl (C=O) groups excluding carboxylic acids is 1. The van der Waals surface area contributed by atoms with Crippen LogP contribution in [0.15, 0.2) is 29.2 Å². The summed E-state index contributed by atoms with van der Waals surface area (Å²) in [6.07, 6.45) is 1.19. The first-order valence-electron chi connectivity index (χ1n) is 5.94. The molecule has 0 saturated heterocycles. The van der Waals surface area contributed by atoms with Crippen LogP contribution in [0.1, 0.15) is 19.8 Å². The molecule has 1 atom stereocenters. The van der Waals surface area contributed by atoms with E-state index in [9.17, 15) is 4.79 Å². The Labute approximate surface area is 117 Å². The molecule has 100 valence electrons. The minimum absolute atomic E-state index is 0.00737. The summed E-state index contributed by atoms with van der Waals surface area (Å²) in [5, 5.41) is 12.5. The first-order chi connectivity index (χ1) is 8.65. The Bertz CT molecular complexity index is 366. The van der Waals surface area contributed by atoms with Crippen molar-refractivity contribution in [3.05, 3.63) is 29.3 Å². The lowest BCUT2D eigenvalue weighted by atomic mass is 10.2. The maximum absolute atomic E-state index is 11.6. The van der Waals surface area contributed by atoms with Crippen molar-refractivity contribution in [3.8, 4) is 0 Å². The number of benzene rings is 1. The molecule has 0 unspecified atom stereocenters. The van der Waals surface area contributed by atoms with Crippen LogP contribution in [0.2, 0.25) is 5.02 Å². The van der Waals surface area contributed by atoms with Gasteiger partial charge in [-0.2, -0.15) is 0 Å². The molecule has 0 bridgehead atoms. The fourth-order valence-corrected chi connectivity index (χ4v) is 2.35. The number of hydrogen-bond acceptors (Lipinski definition) is 3. The van der Waals surface area contributed by atoms with E-state index in [-0.39, 0.29) is 18.6 Å². The van der Waals surface area contributed by atoms with Crippen molar-refractivity contribution in [3.63, 3.8) is 0 Å². The number of rotatable bonds is 7. The van der Waals surface area contributed by atoms with E-state index in [1.165, 1.54) is 0 Å². The van der Waals surface area contributed by atoms with E-state index in [0.717, 1.165) is 17.1 Å². The Hall–Kier alpha value is -0.710. The quantitative estimate of drug-likeness (QED) is 0.758. The fourth-order valence-electron chi connectivity index (χ4n) is 1.37. The van der Waals surface area contributed by atoms with E-state index in [0.29, 0.717) is 11.4 Å². The molecule has 0 radical (unpaired) electrons. The van der Waals surface area contributed by atoms with Gasteiger partial charge in [0.25, 0.3) is 0 Å². The zero-order chi connectivity index (χ0) is 13.4. The van der Waals surface area contributed by atoms with Crippen molar-refractivity contribution in [2.45, 2.75) is 30.7 Å². The van der Waals surface area contributed by atoms with Crippen molar-refractivity contribution in [1.82, 2.24) is 5.32 Å². The Balaban J connectivity index is 2.25. The molecule has 0 aromatic heterocycles. The van der Waals surface area contributed by atoms with Crippen molar-refractivity contribution in [2.75, 3.05) is 12.4 Å². The molecule has 5 heteroatoms. The standard InChI is InChI=1S/C13H18ClNO2S/c1-2-11(9-16)15-13(17)7-8-18-12-5-3-10(14)4-6-12/h3-6,11,16H,2,7-9H2,1H3,(H,15,17)/t11-/m1/s1. The van der Waals surface area contributed by atoms with Gasteiger partial charge in [-0.3, -0.25) is 4.79 Å². The lowest BCUT2D eigenvalue weighted by molar-refractivity contribution is -0.121. The number of carbonyl (C=O) groups is 1. The molecule has 1 amide bonds. The third kappa shape index (κ3) is 5.76. The van der Waals surface area contributed by atoms with Crippen molar-refractivity contribution in [1.29, 1.82) is 0 Å². The molecular weight excluding hydrogens is 270 g/mol. The number of amides is 1. The van der Waals surface area contributed by atoms with Gasteiger partial charge >= 0.3 is 0 Å². The normalized spacial score (nSPS) is 12.2. The highest BCUT2D eigenvalue weighted by molar-refractivity contribution is 7.99. The summed E-state index contributed by atoms with van der Waals surface area (Å²) in [6, 6.07) is 7.42. The molecule has 2 N–H and O–H groups in total. The molecule has 1 aromatic rings. The third-order valence-corrected chi connectivity index (χ3v) is 3.76. The topological polar surface area (TPSA) is 49.3 Å². The third-order valence-electron chi connectivity index (χ3n) is 2.49. The summed E-state index contributed by atoms with van der Waals surface area (Å²) >= 11 is 7.41. The summed E-state index contributed by atoms with van der Waals surface area (Å²) in [4.78, 5) is 12.7. The van der Waals surface area contributed by atoms with Gasteiger partial charge in [0, 0.05) is 22.1 Å². The van der Waals surface area contributed by atoms with Gasteiger partial charge in [-0.1, -0.05) is 18.5 Å². The number of aliphatic hydroxyl groups is 1. The van der Waals surface area contributed by atoms with Crippen LogP contribution in [0, 0.1) is 0 Å². The summed E-state index contributed by atoms with van der Waals surface area (Å²) in [5.74, 6) is 0.701. The van der Waals surface area contributed by atoms with Crippen LogP contribution in [-0.4, -0.2) is 29.4 Å². The summed E-state index contributed by atoms with van der Waals surface area (Å²) in [6.45, 7) is 1.93. The predicted molar refractivity (Wildman–Crippen MR) is 76.1 cm³/mol. The highest BCUT2D eigenvalue weighted by Crippen LogP contribution is 2.20. The SMILES string of the molecule is CC[C@H](CO)NC(=O)CCSc1ccc(Cl)cc1. The molecule has 1 rings (SSSR count). The summed E-state index contributed by atoms with van der Waals surface area (Å²) in [5.41, 5.74) is 0. The molecule has 0 saturated carbocycles. The van der Waals surface area contributed by atoms with Gasteiger partial charge in [0.05, 0.1) is 12.6 Å². The molecule has 0 aliphatic carbocycles. The van der Waals surface area contributed by atoms with Gasteiger partial charge in [-0.25, -0.2) is 0 Å². The van der Waals surface area contributed by atoms with Gasteiger partial charge in [-0.15, -0.1) is 11.8 Å². The monoisotopic (exact) mass is 287 g/mol. The second-order valence-corrected chi connectivity index (χ2v) is 5.51. The van der Waals surface area contributed by atoms with Gasteiger partial charge in [0.15, 0.2) is 0 Å². The van der Waals surface area contributed by atoms with Crippen LogP contribution in [0.3, 0.4) is 0 Å². The molecule has 0 spiro atoms. The highest BCUT2D eigenvalue weighted by Gasteiger charge is 2.08. The van der Waals surface area contributed by atoms with Gasteiger partial charge < -0.3 is 10.4 Å². The van der Waals surface area contributed by atoms with Crippen LogP contribution >= 0.6 is 23.4 Å². The van der Waals surface area contributed by atoms with Crippen molar-refractivity contribution >= 4 is 29.3 Å². The van der Waals surface area contributed by atoms with E-state index >= 15 is 0 Å². The maximum atomic E-state index is 11.6. The number of thioether (sulfide) groups is 1. The average molecular weight is 288 g/mol. The molecule has 0 aliphatic heterocycles. The molecule has 0 heterocycles. The van der Waals surface area contributed by atoms with Crippen LogP contribution in [-0.2, 0) is 4.79 Å². The van der Waals surface area contributed by atoms with Crippen molar-refractivity contribution < 1.29 is 9.90 Å². The predicted octanol–water partition coefficient (Wildman–Crippen LogP) is 2.71. The Morgan fingerprint density at radius 3 is 2.67 bits per heavy atom. The Morgan fingerprint density at radius 1 is 1.44 bits per heavy atom. The van der Waals surface area contributed by atoms with E-state index in [1.54, 1.807) is 11.8 Å². The number of nitrogens with one attached hydrogen (secondary N) is 1. The van der Waals surface area contributed by atoms with Crippen LogP contribution < -0.4 is 5.32 Å². The van der Waals surface area contributed by atoms with E-state index in [2.05, 4.69) is 5.32 Å². The smallest absolute Gasteiger partial charge is 0.221 e. The largest absolute Gasteiger partial charge is 0.394 e. The Kier molecular flexibility index (Phi) is 7.16. The molecule has 1 aromatic carbocycles. The molecule has 18 heavy (non-hydrogen) atoms. The van der Waals surface area contributed by atoms with Gasteiger partial charge in [-0.05, 0) is 30.7 Å². The van der Waals surface area contributed by atoms with Crippen molar-refractivity contribution in [2.24, 2.45) is 0 Å². The highest BCUT2D eigenvalue weighted by atomic mass is 35.5. The summed E-state index contributed by atoms with van der Waals surface area (Å²) < 4.78 is 0. The van der Waals surface area contributed by atoms with Crippen LogP contribution in [0.25, 0.3) is 0 Å². The molecular formula is C13H18ClNO2S. The van der Waals surface area contributed by atoms with Gasteiger partial charge in [0.1, 0.15) is 0 Å². The lowest BCUT2D eigenvalue weighted by Crippen LogP contribution is -2.37. The van der Waals surface area contributed by atoms with Crippen LogP contribution in [0.4, 0.5) is 0 Å². The minimum atomic E-state index is -0.127. The van der Waals surface area contributed by atoms with Crippen LogP contribution in [0.5, 0.6) is 0 Å². The lowest BCUT2D eigenvalue weighted by Gasteiger charge is -2.13. The van der Waals surface area contributed by atoms with E-state index < -0.39 is 0 Å². The first kappa shape index (κ1) is 15.3. The zero-order valence-electron chi connectivity index (χ0n) is 10.4. The Morgan fingerprint density at radius 2 is 2.11 bits per heavy atom. The molecule has 0 aliphatic rings. The molecule has 3 nitrogen and oxygen atoms in total. The minimum Gasteiger partial charge on any atom is -0.394 e. The fraction of sp³-hybridized carbons (Fsp3) is 0.462. The second-order valence-electron chi connectivity index (χ2n) is 3.91. The number of halogens is 1. The number of hydrogen-bond donors (Lipinski definition) is 2. The maximum Gasteiger partial charge on any atom is 0.221 e. The zero-order valence-corrected chi connectivity index (χ0v) is 11.9. The van der Waals surface area contributed by atoms with E-state index in [1.807, 2.05) is 31.2 Å². The second kappa shape index (κ2) is 8.40. The summed E-state index contributed by atoms with van der Waals surface area (Å²) in [7, 11) is 0. The first-order valence-corrected chi connectivity index (χ1v) is 7.30. The molecule has 0 fully saturated rings. The van der Waals surface area contributed by atoms with Gasteiger partial charge in [0.2, 0.25) is 5.91 Å².